The predicted molar refractivity (Wildman–Crippen MR) is 114 cm³/mol. The third kappa shape index (κ3) is 5.35. The van der Waals surface area contributed by atoms with Gasteiger partial charge in [-0.05, 0) is 23.8 Å². The first kappa shape index (κ1) is 22.2. The van der Waals surface area contributed by atoms with Crippen LogP contribution in [-0.4, -0.2) is 23.9 Å². The van der Waals surface area contributed by atoms with Gasteiger partial charge in [-0.15, -0.1) is 0 Å². The van der Waals surface area contributed by atoms with E-state index in [0.29, 0.717) is 11.3 Å². The van der Waals surface area contributed by atoms with Gasteiger partial charge >= 0.3 is 0 Å². The highest BCUT2D eigenvalue weighted by atomic mass is 35.5. The standard InChI is InChI=1S/C22H18ClF2N3O3/c1-13(29)28(17-9-15(24)10-18(12-17)31-2)20-11-16(6-7-26-20)27-21(30)8-14-4-3-5-19(25)22(14)23/h3-7,9-12H,8H2,1-2H3,(H,26,27,30). The van der Waals surface area contributed by atoms with Crippen LogP contribution in [0.25, 0.3) is 0 Å². The molecule has 3 rings (SSSR count). The van der Waals surface area contributed by atoms with Gasteiger partial charge in [-0.3, -0.25) is 14.5 Å². The Hall–Kier alpha value is -3.52. The third-order valence-corrected chi connectivity index (χ3v) is 4.73. The Balaban J connectivity index is 1.85. The van der Waals surface area contributed by atoms with Crippen molar-refractivity contribution in [1.82, 2.24) is 4.98 Å². The molecule has 6 nitrogen and oxygen atoms in total. The number of carbonyl (C=O) groups excluding carboxylic acids is 2. The van der Waals surface area contributed by atoms with Crippen LogP contribution in [0.2, 0.25) is 5.02 Å². The first-order valence-corrected chi connectivity index (χ1v) is 9.50. The van der Waals surface area contributed by atoms with Crippen molar-refractivity contribution in [3.63, 3.8) is 0 Å². The molecule has 3 aromatic rings. The zero-order chi connectivity index (χ0) is 22.5. The number of hydrogen-bond acceptors (Lipinski definition) is 4. The van der Waals surface area contributed by atoms with E-state index in [0.717, 1.165) is 0 Å². The fourth-order valence-electron chi connectivity index (χ4n) is 2.95. The lowest BCUT2D eigenvalue weighted by molar-refractivity contribution is -0.116. The van der Waals surface area contributed by atoms with E-state index in [1.54, 1.807) is 6.07 Å². The first-order chi connectivity index (χ1) is 14.8. The first-order valence-electron chi connectivity index (χ1n) is 9.12. The van der Waals surface area contributed by atoms with E-state index < -0.39 is 23.4 Å². The van der Waals surface area contributed by atoms with E-state index in [1.165, 1.54) is 67.6 Å². The minimum Gasteiger partial charge on any atom is -0.497 e. The number of methoxy groups -OCH3 is 1. The Labute approximate surface area is 182 Å². The number of anilines is 3. The summed E-state index contributed by atoms with van der Waals surface area (Å²) in [5.41, 5.74) is 0.898. The average molecular weight is 446 g/mol. The summed E-state index contributed by atoms with van der Waals surface area (Å²) in [7, 11) is 1.38. The molecule has 2 amide bonds. The molecule has 0 aliphatic carbocycles. The van der Waals surface area contributed by atoms with Crippen LogP contribution < -0.4 is 15.0 Å². The minimum absolute atomic E-state index is 0.115. The minimum atomic E-state index is -0.610. The second kappa shape index (κ2) is 9.53. The van der Waals surface area contributed by atoms with Crippen LogP contribution in [0, 0.1) is 11.6 Å². The summed E-state index contributed by atoms with van der Waals surface area (Å²) >= 11 is 5.90. The van der Waals surface area contributed by atoms with Gasteiger partial charge in [0.2, 0.25) is 11.8 Å². The van der Waals surface area contributed by atoms with Gasteiger partial charge in [0.1, 0.15) is 23.2 Å². The molecule has 0 fully saturated rings. The van der Waals surface area contributed by atoms with E-state index in [9.17, 15) is 18.4 Å². The molecule has 1 N–H and O–H groups in total. The highest BCUT2D eigenvalue weighted by Crippen LogP contribution is 2.30. The Bertz CT molecular complexity index is 1140. The molecule has 0 bridgehead atoms. The van der Waals surface area contributed by atoms with E-state index in [1.807, 2.05) is 0 Å². The molecule has 0 aliphatic rings. The number of aromatic nitrogens is 1. The smallest absolute Gasteiger partial charge is 0.229 e. The number of amides is 2. The van der Waals surface area contributed by atoms with Crippen LogP contribution in [0.3, 0.4) is 0 Å². The maximum Gasteiger partial charge on any atom is 0.229 e. The number of nitrogens with zero attached hydrogens (tertiary/aromatic N) is 2. The van der Waals surface area contributed by atoms with Crippen LogP contribution in [0.4, 0.5) is 26.0 Å². The number of rotatable bonds is 6. The molecule has 9 heteroatoms. The lowest BCUT2D eigenvalue weighted by atomic mass is 10.1. The molecule has 1 heterocycles. The molecule has 31 heavy (non-hydrogen) atoms. The molecule has 0 saturated carbocycles. The normalized spacial score (nSPS) is 10.5. The molecular weight excluding hydrogens is 428 g/mol. The van der Waals surface area contributed by atoms with E-state index in [4.69, 9.17) is 16.3 Å². The van der Waals surface area contributed by atoms with Crippen molar-refractivity contribution < 1.29 is 23.1 Å². The highest BCUT2D eigenvalue weighted by molar-refractivity contribution is 6.31. The van der Waals surface area contributed by atoms with E-state index in [-0.39, 0.29) is 28.7 Å². The van der Waals surface area contributed by atoms with E-state index >= 15 is 0 Å². The molecule has 0 aliphatic heterocycles. The maximum absolute atomic E-state index is 13.9. The maximum atomic E-state index is 13.9. The van der Waals surface area contributed by atoms with Crippen molar-refractivity contribution in [2.45, 2.75) is 13.3 Å². The highest BCUT2D eigenvalue weighted by Gasteiger charge is 2.18. The lowest BCUT2D eigenvalue weighted by Crippen LogP contribution is -2.24. The quantitative estimate of drug-likeness (QED) is 0.586. The molecule has 0 radical (unpaired) electrons. The summed E-state index contributed by atoms with van der Waals surface area (Å²) in [6.45, 7) is 1.30. The van der Waals surface area contributed by atoms with Crippen molar-refractivity contribution in [2.75, 3.05) is 17.3 Å². The fraction of sp³-hybridized carbons (Fsp3) is 0.136. The van der Waals surface area contributed by atoms with Crippen LogP contribution >= 0.6 is 11.6 Å². The van der Waals surface area contributed by atoms with Gasteiger partial charge in [0.25, 0.3) is 0 Å². The second-order valence-electron chi connectivity index (χ2n) is 6.54. The third-order valence-electron chi connectivity index (χ3n) is 4.31. The summed E-state index contributed by atoms with van der Waals surface area (Å²) in [4.78, 5) is 30.0. The summed E-state index contributed by atoms with van der Waals surface area (Å²) in [6.07, 6.45) is 1.25. The lowest BCUT2D eigenvalue weighted by Gasteiger charge is -2.21. The van der Waals surface area contributed by atoms with Gasteiger partial charge in [-0.25, -0.2) is 13.8 Å². The molecule has 0 atom stereocenters. The molecule has 1 aromatic heterocycles. The van der Waals surface area contributed by atoms with Gasteiger partial charge in [0, 0.05) is 37.0 Å². The van der Waals surface area contributed by atoms with Crippen molar-refractivity contribution in [3.05, 3.63) is 76.9 Å². The number of pyridine rings is 1. The summed E-state index contributed by atoms with van der Waals surface area (Å²) < 4.78 is 32.6. The summed E-state index contributed by atoms with van der Waals surface area (Å²) in [5, 5.41) is 2.54. The largest absolute Gasteiger partial charge is 0.497 e. The number of ether oxygens (including phenoxy) is 1. The SMILES string of the molecule is COc1cc(F)cc(N(C(C)=O)c2cc(NC(=O)Cc3cccc(F)c3Cl)ccn2)c1. The molecule has 0 spiro atoms. The Morgan fingerprint density at radius 2 is 1.94 bits per heavy atom. The number of carbonyl (C=O) groups is 2. The van der Waals surface area contributed by atoms with Crippen molar-refractivity contribution in [1.29, 1.82) is 0 Å². The topological polar surface area (TPSA) is 71.5 Å². The van der Waals surface area contributed by atoms with Crippen molar-refractivity contribution in [2.24, 2.45) is 0 Å². The summed E-state index contributed by atoms with van der Waals surface area (Å²) in [5.74, 6) is -1.65. The van der Waals surface area contributed by atoms with Crippen LogP contribution in [-0.2, 0) is 16.0 Å². The van der Waals surface area contributed by atoms with Gasteiger partial charge in [0.05, 0.1) is 24.2 Å². The monoisotopic (exact) mass is 445 g/mol. The molecule has 160 valence electrons. The van der Waals surface area contributed by atoms with Crippen LogP contribution in [0.1, 0.15) is 12.5 Å². The average Bonchev–Trinajstić information content (AvgIpc) is 2.71. The van der Waals surface area contributed by atoms with Gasteiger partial charge in [0.15, 0.2) is 0 Å². The molecule has 0 saturated heterocycles. The summed E-state index contributed by atoms with van der Waals surface area (Å²) in [6, 6.07) is 11.1. The Morgan fingerprint density at radius 1 is 1.16 bits per heavy atom. The number of nitrogens with one attached hydrogen (secondary N) is 1. The molecule has 2 aromatic carbocycles. The van der Waals surface area contributed by atoms with Gasteiger partial charge < -0.3 is 10.1 Å². The molecule has 0 unspecified atom stereocenters. The van der Waals surface area contributed by atoms with Crippen LogP contribution in [0.15, 0.2) is 54.7 Å². The fourth-order valence-corrected chi connectivity index (χ4v) is 3.14. The zero-order valence-corrected chi connectivity index (χ0v) is 17.4. The number of benzene rings is 2. The van der Waals surface area contributed by atoms with Crippen molar-refractivity contribution in [3.8, 4) is 5.75 Å². The molecular formula is C22H18ClF2N3O3. The van der Waals surface area contributed by atoms with Gasteiger partial charge in [-0.2, -0.15) is 0 Å². The zero-order valence-electron chi connectivity index (χ0n) is 16.7. The Kier molecular flexibility index (Phi) is 6.81. The van der Waals surface area contributed by atoms with Crippen LogP contribution in [0.5, 0.6) is 5.75 Å². The Morgan fingerprint density at radius 3 is 2.65 bits per heavy atom. The second-order valence-corrected chi connectivity index (χ2v) is 6.92. The van der Waals surface area contributed by atoms with Crippen molar-refractivity contribution >= 4 is 40.6 Å². The predicted octanol–water partition coefficient (Wildman–Crippen LogP) is 4.89. The number of halogens is 3. The number of hydrogen-bond donors (Lipinski definition) is 1. The van der Waals surface area contributed by atoms with Gasteiger partial charge in [-0.1, -0.05) is 23.7 Å². The van der Waals surface area contributed by atoms with E-state index in [2.05, 4.69) is 10.3 Å².